The van der Waals surface area contributed by atoms with Crippen LogP contribution in [0.2, 0.25) is 0 Å². The Kier molecular flexibility index (Phi) is 9.16. The van der Waals surface area contributed by atoms with E-state index in [0.29, 0.717) is 0 Å². The van der Waals surface area contributed by atoms with Crippen molar-refractivity contribution in [3.05, 3.63) is 199 Å². The van der Waals surface area contributed by atoms with Crippen LogP contribution in [0.5, 0.6) is 5.75 Å². The van der Waals surface area contributed by atoms with Crippen LogP contribution in [-0.2, 0) is 0 Å². The van der Waals surface area contributed by atoms with Gasteiger partial charge in [0.25, 0.3) is 0 Å². The average Bonchev–Trinajstić information content (AvgIpc) is 3.18. The second-order valence-corrected chi connectivity index (χ2v) is 12.1. The number of allylic oxidation sites excluding steroid dienone is 1. The highest BCUT2D eigenvalue weighted by atomic mass is 16.5. The van der Waals surface area contributed by atoms with E-state index >= 15 is 0 Å². The van der Waals surface area contributed by atoms with Crippen LogP contribution in [0.1, 0.15) is 18.1 Å². The third-order valence-corrected chi connectivity index (χ3v) is 9.21. The Labute approximate surface area is 284 Å². The minimum absolute atomic E-state index is 0.0351. The zero-order chi connectivity index (χ0) is 32.7. The van der Waals surface area contributed by atoms with Gasteiger partial charge in [0.1, 0.15) is 5.75 Å². The lowest BCUT2D eigenvalue weighted by Crippen LogP contribution is -2.44. The van der Waals surface area contributed by atoms with Gasteiger partial charge in [-0.1, -0.05) is 198 Å². The Balaban J connectivity index is 1.43. The van der Waals surface area contributed by atoms with Gasteiger partial charge in [-0.3, -0.25) is 0 Å². The van der Waals surface area contributed by atoms with Crippen LogP contribution >= 0.6 is 0 Å². The number of rotatable bonds is 9. The molecule has 48 heavy (non-hydrogen) atoms. The van der Waals surface area contributed by atoms with E-state index in [4.69, 9.17) is 4.74 Å². The first-order chi connectivity index (χ1) is 23.7. The molecule has 0 aliphatic rings. The van der Waals surface area contributed by atoms with Crippen LogP contribution in [0, 0.1) is 0 Å². The molecule has 0 bridgehead atoms. The summed E-state index contributed by atoms with van der Waals surface area (Å²) in [4.78, 5) is 0. The van der Waals surface area contributed by atoms with Gasteiger partial charge in [-0.25, -0.2) is 0 Å². The van der Waals surface area contributed by atoms with Gasteiger partial charge in [0.15, 0.2) is 0 Å². The Hall–Kier alpha value is -5.86. The highest BCUT2D eigenvalue weighted by Crippen LogP contribution is 2.35. The second kappa shape index (κ2) is 14.3. The molecule has 0 aliphatic heterocycles. The lowest BCUT2D eigenvalue weighted by molar-refractivity contribution is 0.413. The van der Waals surface area contributed by atoms with Gasteiger partial charge in [0, 0.05) is 5.56 Å². The number of hydrogen-bond donors (Lipinski definition) is 0. The summed E-state index contributed by atoms with van der Waals surface area (Å²) >= 11 is 0. The van der Waals surface area contributed by atoms with Crippen LogP contribution < -0.4 is 15.7 Å². The molecule has 0 aliphatic carbocycles. The van der Waals surface area contributed by atoms with E-state index in [1.54, 1.807) is 7.11 Å². The molecular formula is C46H37BO. The van der Waals surface area contributed by atoms with Crippen molar-refractivity contribution >= 4 is 28.7 Å². The van der Waals surface area contributed by atoms with Gasteiger partial charge in [0.05, 0.1) is 7.11 Å². The van der Waals surface area contributed by atoms with Gasteiger partial charge in [-0.2, -0.15) is 0 Å². The third-order valence-electron chi connectivity index (χ3n) is 9.21. The molecule has 0 heterocycles. The van der Waals surface area contributed by atoms with Crippen molar-refractivity contribution < 1.29 is 4.74 Å². The number of methoxy groups -OCH3 is 1. The molecule has 7 rings (SSSR count). The number of ether oxygens (including phenoxy) is 1. The largest absolute Gasteiger partial charge is 0.496 e. The summed E-state index contributed by atoms with van der Waals surface area (Å²) in [5.41, 5.74) is 14.4. The van der Waals surface area contributed by atoms with E-state index in [1.807, 2.05) is 12.1 Å². The lowest BCUT2D eigenvalue weighted by Gasteiger charge is -2.24. The van der Waals surface area contributed by atoms with E-state index in [2.05, 4.69) is 183 Å². The van der Waals surface area contributed by atoms with E-state index in [0.717, 1.165) is 11.3 Å². The maximum atomic E-state index is 5.92. The van der Waals surface area contributed by atoms with E-state index in [-0.39, 0.29) is 6.71 Å². The quantitative estimate of drug-likeness (QED) is 0.116. The molecule has 0 spiro atoms. The molecule has 7 aromatic carbocycles. The molecule has 0 radical (unpaired) electrons. The lowest BCUT2D eigenvalue weighted by atomic mass is 9.34. The molecule has 0 fully saturated rings. The Morgan fingerprint density at radius 1 is 0.396 bits per heavy atom. The Morgan fingerprint density at radius 3 is 1.17 bits per heavy atom. The monoisotopic (exact) mass is 616 g/mol. The zero-order valence-corrected chi connectivity index (χ0v) is 27.4. The molecule has 0 amide bonds. The molecule has 0 N–H and O–H groups in total. The van der Waals surface area contributed by atoms with Gasteiger partial charge < -0.3 is 4.74 Å². The summed E-state index contributed by atoms with van der Waals surface area (Å²) in [6.07, 6.45) is 0. The Bertz CT molecular complexity index is 2030. The fourth-order valence-corrected chi connectivity index (χ4v) is 6.70. The summed E-state index contributed by atoms with van der Waals surface area (Å²) < 4.78 is 5.92. The van der Waals surface area contributed by atoms with Crippen LogP contribution in [0.3, 0.4) is 0 Å². The maximum absolute atomic E-state index is 5.92. The van der Waals surface area contributed by atoms with Crippen LogP contribution in [0.4, 0.5) is 0 Å². The van der Waals surface area contributed by atoms with Crippen molar-refractivity contribution in [1.82, 2.24) is 0 Å². The number of hydrogen-bond acceptors (Lipinski definition) is 1. The van der Waals surface area contributed by atoms with Crippen molar-refractivity contribution in [3.63, 3.8) is 0 Å². The summed E-state index contributed by atoms with van der Waals surface area (Å²) in [7, 11) is 1.75. The smallest absolute Gasteiger partial charge is 0.242 e. The highest BCUT2D eigenvalue weighted by molar-refractivity contribution is 7.00. The predicted molar refractivity (Wildman–Crippen MR) is 206 cm³/mol. The van der Waals surface area contributed by atoms with Gasteiger partial charge >= 0.3 is 0 Å². The summed E-state index contributed by atoms with van der Waals surface area (Å²) in [6, 6.07) is 67.3. The standard InChI is InChI=1S/C46H37BO/c1-34(44-20-12-13-21-45(44)48-2)46(41-24-22-38(23-25-41)35-14-6-3-7-15-35)47(42-30-26-39(27-31-42)36-16-8-4-9-17-36)43-32-28-40(29-33-43)37-18-10-5-11-19-37/h3-33H,1-2H3/b46-34-. The first-order valence-corrected chi connectivity index (χ1v) is 16.5. The highest BCUT2D eigenvalue weighted by Gasteiger charge is 2.28. The van der Waals surface area contributed by atoms with Crippen molar-refractivity contribution in [2.75, 3.05) is 7.11 Å². The third kappa shape index (κ3) is 6.52. The fraction of sp³-hybridized carbons (Fsp3) is 0.0435. The molecule has 230 valence electrons. The summed E-state index contributed by atoms with van der Waals surface area (Å²) in [6.45, 7) is 2.20. The molecular weight excluding hydrogens is 579 g/mol. The molecule has 0 unspecified atom stereocenters. The minimum Gasteiger partial charge on any atom is -0.496 e. The van der Waals surface area contributed by atoms with E-state index in [9.17, 15) is 0 Å². The average molecular weight is 617 g/mol. The van der Waals surface area contributed by atoms with Crippen molar-refractivity contribution in [3.8, 4) is 39.1 Å². The van der Waals surface area contributed by atoms with Crippen LogP contribution in [0.25, 0.3) is 44.4 Å². The topological polar surface area (TPSA) is 9.23 Å². The first-order valence-electron chi connectivity index (χ1n) is 16.5. The van der Waals surface area contributed by atoms with E-state index in [1.165, 1.54) is 60.9 Å². The zero-order valence-electron chi connectivity index (χ0n) is 27.4. The molecule has 0 saturated heterocycles. The molecule has 1 nitrogen and oxygen atoms in total. The minimum atomic E-state index is -0.0351. The van der Waals surface area contributed by atoms with Gasteiger partial charge in [-0.15, -0.1) is 0 Å². The van der Waals surface area contributed by atoms with Crippen molar-refractivity contribution in [2.45, 2.75) is 6.92 Å². The van der Waals surface area contributed by atoms with Crippen LogP contribution in [0.15, 0.2) is 188 Å². The second-order valence-electron chi connectivity index (χ2n) is 12.1. The summed E-state index contributed by atoms with van der Waals surface area (Å²) in [5.74, 6) is 0.867. The first kappa shape index (κ1) is 30.8. The van der Waals surface area contributed by atoms with Crippen molar-refractivity contribution in [1.29, 1.82) is 0 Å². The van der Waals surface area contributed by atoms with E-state index < -0.39 is 0 Å². The van der Waals surface area contributed by atoms with Gasteiger partial charge in [-0.05, 0) is 57.5 Å². The fourth-order valence-electron chi connectivity index (χ4n) is 6.70. The normalized spacial score (nSPS) is 11.5. The molecule has 7 aromatic rings. The molecule has 0 atom stereocenters. The Morgan fingerprint density at radius 2 is 0.750 bits per heavy atom. The van der Waals surface area contributed by atoms with Gasteiger partial charge in [0.2, 0.25) is 6.71 Å². The molecule has 0 saturated carbocycles. The van der Waals surface area contributed by atoms with Crippen LogP contribution in [-0.4, -0.2) is 13.8 Å². The predicted octanol–water partition coefficient (Wildman–Crippen LogP) is 10.5. The molecule has 2 heteroatoms. The SMILES string of the molecule is COc1ccccc1/C(C)=C(\B(c1ccc(-c2ccccc2)cc1)c1ccc(-c2ccccc2)cc1)c1ccc(-c2ccccc2)cc1. The summed E-state index contributed by atoms with van der Waals surface area (Å²) in [5, 5.41) is 0. The molecule has 0 aromatic heterocycles. The number of benzene rings is 7. The maximum Gasteiger partial charge on any atom is 0.242 e. The van der Waals surface area contributed by atoms with Crippen molar-refractivity contribution in [2.24, 2.45) is 0 Å². The number of para-hydroxylation sites is 1.